The Labute approximate surface area is 193 Å². The molecule has 2 amide bonds. The normalized spacial score (nSPS) is 14.6. The van der Waals surface area contributed by atoms with Gasteiger partial charge in [-0.2, -0.15) is 4.39 Å². The zero-order chi connectivity index (χ0) is 23.6. The van der Waals surface area contributed by atoms with Gasteiger partial charge in [0.05, 0.1) is 22.5 Å². The molecule has 0 bridgehead atoms. The minimum atomic E-state index is -3.96. The second-order valence-electron chi connectivity index (χ2n) is 7.66. The van der Waals surface area contributed by atoms with E-state index < -0.39 is 32.7 Å². The number of carbonyl (C=O) groups is 2. The van der Waals surface area contributed by atoms with Crippen molar-refractivity contribution in [3.63, 3.8) is 0 Å². The Kier molecular flexibility index (Phi) is 6.52. The molecule has 1 atom stereocenters. The van der Waals surface area contributed by atoms with Gasteiger partial charge in [-0.15, -0.1) is 17.9 Å². The minimum absolute atomic E-state index is 0.0985. The number of carbonyl (C=O) groups excluding carboxylic acids is 2. The lowest BCUT2D eigenvalue weighted by atomic mass is 10.1. The topological polar surface area (TPSA) is 118 Å². The molecule has 0 spiro atoms. The number of halogens is 1. The first-order valence-electron chi connectivity index (χ1n) is 10.2. The van der Waals surface area contributed by atoms with Crippen molar-refractivity contribution in [1.82, 2.24) is 20.6 Å². The van der Waals surface area contributed by atoms with Crippen molar-refractivity contribution in [1.29, 1.82) is 0 Å². The van der Waals surface area contributed by atoms with E-state index in [4.69, 9.17) is 0 Å². The molecule has 33 heavy (non-hydrogen) atoms. The van der Waals surface area contributed by atoms with E-state index in [1.165, 1.54) is 18.3 Å². The molecule has 4 rings (SSSR count). The van der Waals surface area contributed by atoms with Crippen LogP contribution in [0.25, 0.3) is 21.3 Å². The molecule has 0 radical (unpaired) electrons. The number of sulfone groups is 1. The van der Waals surface area contributed by atoms with Crippen LogP contribution in [0.4, 0.5) is 4.39 Å². The number of thiazole rings is 1. The molecule has 1 aliphatic carbocycles. The Bertz CT molecular complexity index is 1320. The van der Waals surface area contributed by atoms with Crippen molar-refractivity contribution in [2.24, 2.45) is 0 Å². The summed E-state index contributed by atoms with van der Waals surface area (Å²) in [6.07, 6.45) is 4.41. The van der Waals surface area contributed by atoms with Gasteiger partial charge in [-0.3, -0.25) is 9.59 Å². The summed E-state index contributed by atoms with van der Waals surface area (Å²) in [6, 6.07) is 8.21. The van der Waals surface area contributed by atoms with E-state index in [2.05, 4.69) is 27.2 Å². The number of aromatic nitrogens is 2. The summed E-state index contributed by atoms with van der Waals surface area (Å²) in [5.41, 5.74) is 1.95. The third kappa shape index (κ3) is 5.42. The van der Waals surface area contributed by atoms with Crippen LogP contribution in [0.2, 0.25) is 0 Å². The SMILES string of the molecule is C=CCS(=O)(=O)C(C(=O)NCC(=O)NC1CC1)c1nc2ccc(-c3ccc(F)nc3)cc2s1. The van der Waals surface area contributed by atoms with Crippen LogP contribution in [0.1, 0.15) is 23.1 Å². The molecule has 11 heteroatoms. The lowest BCUT2D eigenvalue weighted by Gasteiger charge is -2.14. The summed E-state index contributed by atoms with van der Waals surface area (Å²) in [6.45, 7) is 3.15. The summed E-state index contributed by atoms with van der Waals surface area (Å²) < 4.78 is 39.6. The van der Waals surface area contributed by atoms with E-state index in [-0.39, 0.29) is 23.5 Å². The number of nitrogens with one attached hydrogen (secondary N) is 2. The van der Waals surface area contributed by atoms with Gasteiger partial charge in [-0.1, -0.05) is 12.1 Å². The highest BCUT2D eigenvalue weighted by molar-refractivity contribution is 7.92. The number of hydrogen-bond acceptors (Lipinski definition) is 7. The van der Waals surface area contributed by atoms with Gasteiger partial charge in [0.15, 0.2) is 15.1 Å². The zero-order valence-corrected chi connectivity index (χ0v) is 19.1. The highest BCUT2D eigenvalue weighted by atomic mass is 32.2. The quantitative estimate of drug-likeness (QED) is 0.353. The van der Waals surface area contributed by atoms with E-state index in [1.807, 2.05) is 0 Å². The van der Waals surface area contributed by atoms with Crippen LogP contribution in [-0.4, -0.2) is 48.5 Å². The highest BCUT2D eigenvalue weighted by Gasteiger charge is 2.36. The Morgan fingerprint density at radius 1 is 1.24 bits per heavy atom. The molecular weight excluding hydrogens is 467 g/mol. The monoisotopic (exact) mass is 488 g/mol. The van der Waals surface area contributed by atoms with Crippen molar-refractivity contribution in [2.45, 2.75) is 24.1 Å². The number of fused-ring (bicyclic) bond motifs is 1. The molecule has 1 aliphatic rings. The molecule has 2 heterocycles. The van der Waals surface area contributed by atoms with Crippen LogP contribution in [0.5, 0.6) is 0 Å². The maximum absolute atomic E-state index is 13.1. The Morgan fingerprint density at radius 2 is 2.00 bits per heavy atom. The van der Waals surface area contributed by atoms with E-state index >= 15 is 0 Å². The average Bonchev–Trinajstić information content (AvgIpc) is 3.48. The summed E-state index contributed by atoms with van der Waals surface area (Å²) in [5.74, 6) is -2.19. The van der Waals surface area contributed by atoms with Crippen LogP contribution < -0.4 is 10.6 Å². The molecule has 3 aromatic rings. The van der Waals surface area contributed by atoms with E-state index in [1.54, 1.807) is 24.3 Å². The summed E-state index contributed by atoms with van der Waals surface area (Å²) in [5, 5.41) is 3.69. The second-order valence-corrected chi connectivity index (χ2v) is 10.9. The lowest BCUT2D eigenvalue weighted by molar-refractivity contribution is -0.126. The molecule has 172 valence electrons. The van der Waals surface area contributed by atoms with Crippen molar-refractivity contribution in [3.05, 3.63) is 60.1 Å². The second kappa shape index (κ2) is 9.36. The summed E-state index contributed by atoms with van der Waals surface area (Å²) in [7, 11) is -3.96. The summed E-state index contributed by atoms with van der Waals surface area (Å²) in [4.78, 5) is 32.9. The summed E-state index contributed by atoms with van der Waals surface area (Å²) >= 11 is 1.07. The number of rotatable bonds is 9. The number of nitrogens with zero attached hydrogens (tertiary/aromatic N) is 2. The number of hydrogen-bond donors (Lipinski definition) is 2. The zero-order valence-electron chi connectivity index (χ0n) is 17.5. The molecule has 0 saturated heterocycles. The first-order chi connectivity index (χ1) is 15.8. The Hall–Kier alpha value is -3.18. The molecule has 2 aromatic heterocycles. The largest absolute Gasteiger partial charge is 0.352 e. The number of benzene rings is 1. The molecular formula is C22H21FN4O4S2. The van der Waals surface area contributed by atoms with Gasteiger partial charge in [-0.25, -0.2) is 18.4 Å². The van der Waals surface area contributed by atoms with Crippen LogP contribution >= 0.6 is 11.3 Å². The lowest BCUT2D eigenvalue weighted by Crippen LogP contribution is -2.41. The maximum Gasteiger partial charge on any atom is 0.245 e. The van der Waals surface area contributed by atoms with Gasteiger partial charge in [0.1, 0.15) is 5.01 Å². The van der Waals surface area contributed by atoms with Gasteiger partial charge < -0.3 is 10.6 Å². The third-order valence-electron chi connectivity index (χ3n) is 5.00. The van der Waals surface area contributed by atoms with Crippen molar-refractivity contribution < 1.29 is 22.4 Å². The van der Waals surface area contributed by atoms with Gasteiger partial charge in [-0.05, 0) is 42.7 Å². The van der Waals surface area contributed by atoms with Crippen molar-refractivity contribution in [3.8, 4) is 11.1 Å². The molecule has 2 N–H and O–H groups in total. The standard InChI is InChI=1S/C22H21FN4O4S2/c1-2-9-33(30,31)20(21(29)25-12-19(28)26-15-5-6-15)22-27-16-7-3-13(10-17(16)32-22)14-4-8-18(23)24-11-14/h2-4,7-8,10-11,15,20H,1,5-6,9,12H2,(H,25,29)(H,26,28). The van der Waals surface area contributed by atoms with Crippen LogP contribution in [0.15, 0.2) is 49.2 Å². The van der Waals surface area contributed by atoms with Crippen LogP contribution in [0.3, 0.4) is 0 Å². The molecule has 8 nitrogen and oxygen atoms in total. The van der Waals surface area contributed by atoms with E-state index in [0.29, 0.717) is 15.8 Å². The fourth-order valence-corrected chi connectivity index (χ4v) is 6.10. The average molecular weight is 489 g/mol. The predicted octanol–water partition coefficient (Wildman–Crippen LogP) is 2.53. The number of amides is 2. The smallest absolute Gasteiger partial charge is 0.245 e. The third-order valence-corrected chi connectivity index (χ3v) is 8.09. The van der Waals surface area contributed by atoms with E-state index in [0.717, 1.165) is 29.7 Å². The fourth-order valence-electron chi connectivity index (χ4n) is 3.24. The van der Waals surface area contributed by atoms with Gasteiger partial charge >= 0.3 is 0 Å². The van der Waals surface area contributed by atoms with Crippen molar-refractivity contribution >= 4 is 43.2 Å². The van der Waals surface area contributed by atoms with Gasteiger partial charge in [0.25, 0.3) is 0 Å². The van der Waals surface area contributed by atoms with Crippen LogP contribution in [-0.2, 0) is 19.4 Å². The molecule has 0 aliphatic heterocycles. The molecule has 1 fully saturated rings. The first kappa shape index (κ1) is 23.0. The highest BCUT2D eigenvalue weighted by Crippen LogP contribution is 2.34. The molecule has 1 aromatic carbocycles. The minimum Gasteiger partial charge on any atom is -0.352 e. The van der Waals surface area contributed by atoms with Crippen molar-refractivity contribution in [2.75, 3.05) is 12.3 Å². The fraction of sp³-hybridized carbons (Fsp3) is 0.273. The molecule has 1 saturated carbocycles. The van der Waals surface area contributed by atoms with Gasteiger partial charge in [0.2, 0.25) is 17.8 Å². The van der Waals surface area contributed by atoms with E-state index in [9.17, 15) is 22.4 Å². The maximum atomic E-state index is 13.1. The van der Waals surface area contributed by atoms with Gasteiger partial charge in [0, 0.05) is 17.8 Å². The predicted molar refractivity (Wildman–Crippen MR) is 124 cm³/mol. The number of pyridine rings is 1. The Balaban J connectivity index is 1.63. The van der Waals surface area contributed by atoms with Crippen LogP contribution in [0, 0.1) is 5.95 Å². The molecule has 1 unspecified atom stereocenters. The Morgan fingerprint density at radius 3 is 2.67 bits per heavy atom. The first-order valence-corrected chi connectivity index (χ1v) is 12.7.